The van der Waals surface area contributed by atoms with Gasteiger partial charge in [0, 0.05) is 24.5 Å². The Kier molecular flexibility index (Phi) is 3.37. The van der Waals surface area contributed by atoms with E-state index in [1.54, 1.807) is 23.3 Å². The highest BCUT2D eigenvalue weighted by Gasteiger charge is 2.03. The fraction of sp³-hybridized carbons (Fsp3) is 0.300. The largest absolute Gasteiger partial charge is 0.294 e. The van der Waals surface area contributed by atoms with Gasteiger partial charge in [0.15, 0.2) is 0 Å². The van der Waals surface area contributed by atoms with Gasteiger partial charge >= 0.3 is 0 Å². The Morgan fingerprint density at radius 2 is 2.25 bits per heavy atom. The van der Waals surface area contributed by atoms with Gasteiger partial charge in [0.2, 0.25) is 0 Å². The summed E-state index contributed by atoms with van der Waals surface area (Å²) in [6, 6.07) is 0. The first-order chi connectivity index (χ1) is 7.70. The van der Waals surface area contributed by atoms with Crippen LogP contribution in [0.2, 0.25) is 0 Å². The van der Waals surface area contributed by atoms with Crippen LogP contribution < -0.4 is 5.56 Å². The summed E-state index contributed by atoms with van der Waals surface area (Å²) in [4.78, 5) is 15.7. The van der Waals surface area contributed by atoms with E-state index in [0.717, 1.165) is 12.1 Å². The van der Waals surface area contributed by atoms with Crippen molar-refractivity contribution in [1.29, 1.82) is 0 Å². The Morgan fingerprint density at radius 3 is 2.94 bits per heavy atom. The van der Waals surface area contributed by atoms with Crippen molar-refractivity contribution in [3.05, 3.63) is 44.4 Å². The summed E-state index contributed by atoms with van der Waals surface area (Å²) in [5.41, 5.74) is 0.993. The van der Waals surface area contributed by atoms with Crippen molar-refractivity contribution >= 4 is 22.6 Å². The van der Waals surface area contributed by atoms with Gasteiger partial charge in [0.1, 0.15) is 0 Å². The van der Waals surface area contributed by atoms with Gasteiger partial charge in [-0.2, -0.15) is 5.10 Å². The van der Waals surface area contributed by atoms with E-state index in [9.17, 15) is 4.79 Å². The van der Waals surface area contributed by atoms with Crippen molar-refractivity contribution in [1.82, 2.24) is 19.3 Å². The van der Waals surface area contributed by atoms with Crippen molar-refractivity contribution < 1.29 is 0 Å². The second kappa shape index (κ2) is 4.77. The molecule has 0 bridgehead atoms. The molecule has 2 rings (SSSR count). The van der Waals surface area contributed by atoms with Gasteiger partial charge < -0.3 is 0 Å². The Morgan fingerprint density at radius 1 is 1.44 bits per heavy atom. The maximum atomic E-state index is 11.7. The molecule has 2 aromatic rings. The lowest BCUT2D eigenvalue weighted by atomic mass is 10.3. The molecule has 0 saturated heterocycles. The summed E-state index contributed by atoms with van der Waals surface area (Å²) in [5, 5.41) is 4.16. The lowest BCUT2D eigenvalue weighted by Crippen LogP contribution is -2.22. The Bertz CT molecular complexity index is 546. The maximum Gasteiger partial charge on any atom is 0.267 e. The molecule has 0 radical (unpaired) electrons. The SMILES string of the molecule is CCn1cc(Cn2cncc(I)c2=O)cn1. The van der Waals surface area contributed by atoms with E-state index in [-0.39, 0.29) is 5.56 Å². The molecule has 0 spiro atoms. The molecule has 0 aliphatic carbocycles. The molecule has 84 valence electrons. The first-order valence-electron chi connectivity index (χ1n) is 4.92. The van der Waals surface area contributed by atoms with Crippen molar-refractivity contribution in [2.45, 2.75) is 20.0 Å². The summed E-state index contributed by atoms with van der Waals surface area (Å²) >= 11 is 1.99. The zero-order chi connectivity index (χ0) is 11.5. The lowest BCUT2D eigenvalue weighted by Gasteiger charge is -2.02. The molecule has 5 nitrogen and oxygen atoms in total. The molecule has 0 amide bonds. The van der Waals surface area contributed by atoms with E-state index in [0.29, 0.717) is 10.1 Å². The molecule has 16 heavy (non-hydrogen) atoms. The second-order valence-corrected chi connectivity index (χ2v) is 4.54. The fourth-order valence-electron chi connectivity index (χ4n) is 1.39. The molecule has 6 heteroatoms. The first kappa shape index (κ1) is 11.3. The smallest absolute Gasteiger partial charge is 0.267 e. The monoisotopic (exact) mass is 330 g/mol. The number of nitrogens with zero attached hydrogens (tertiary/aromatic N) is 4. The zero-order valence-electron chi connectivity index (χ0n) is 8.80. The Hall–Kier alpha value is -1.18. The van der Waals surface area contributed by atoms with Gasteiger partial charge in [-0.15, -0.1) is 0 Å². The van der Waals surface area contributed by atoms with Crippen molar-refractivity contribution in [2.75, 3.05) is 0 Å². The molecule has 0 aliphatic rings. The molecule has 0 N–H and O–H groups in total. The van der Waals surface area contributed by atoms with Gasteiger partial charge in [-0.1, -0.05) is 0 Å². The molecule has 0 aromatic carbocycles. The quantitative estimate of drug-likeness (QED) is 0.793. The number of rotatable bonds is 3. The second-order valence-electron chi connectivity index (χ2n) is 3.38. The van der Waals surface area contributed by atoms with Crippen LogP contribution in [0.3, 0.4) is 0 Å². The average Bonchev–Trinajstić information content (AvgIpc) is 2.73. The van der Waals surface area contributed by atoms with Crippen LogP contribution in [0.4, 0.5) is 0 Å². The third kappa shape index (κ3) is 2.31. The van der Waals surface area contributed by atoms with E-state index in [1.165, 1.54) is 0 Å². The maximum absolute atomic E-state index is 11.7. The van der Waals surface area contributed by atoms with Crippen molar-refractivity contribution in [2.24, 2.45) is 0 Å². The molecule has 0 saturated carbocycles. The molecule has 0 fully saturated rings. The molecule has 2 heterocycles. The predicted octanol–water partition coefficient (Wildman–Crippen LogP) is 1.11. The third-order valence-corrected chi connectivity index (χ3v) is 2.96. The van der Waals surface area contributed by atoms with Gasteiger partial charge in [-0.3, -0.25) is 14.0 Å². The van der Waals surface area contributed by atoms with Crippen LogP contribution in [0.15, 0.2) is 29.7 Å². The normalized spacial score (nSPS) is 10.6. The number of hydrogen-bond donors (Lipinski definition) is 0. The van der Waals surface area contributed by atoms with Gasteiger partial charge in [0.25, 0.3) is 5.56 Å². The van der Waals surface area contributed by atoms with E-state index in [1.807, 2.05) is 40.4 Å². The summed E-state index contributed by atoms with van der Waals surface area (Å²) in [7, 11) is 0. The fourth-order valence-corrected chi connectivity index (χ4v) is 1.87. The number of halogens is 1. The van der Waals surface area contributed by atoms with Crippen LogP contribution in [-0.2, 0) is 13.1 Å². The van der Waals surface area contributed by atoms with Crippen LogP contribution >= 0.6 is 22.6 Å². The van der Waals surface area contributed by atoms with Crippen LogP contribution in [0.1, 0.15) is 12.5 Å². The van der Waals surface area contributed by atoms with Crippen LogP contribution in [0.5, 0.6) is 0 Å². The van der Waals surface area contributed by atoms with E-state index < -0.39 is 0 Å². The summed E-state index contributed by atoms with van der Waals surface area (Å²) < 4.78 is 4.04. The molecule has 0 aliphatic heterocycles. The van der Waals surface area contributed by atoms with E-state index >= 15 is 0 Å². The van der Waals surface area contributed by atoms with Crippen LogP contribution in [-0.4, -0.2) is 19.3 Å². The average molecular weight is 330 g/mol. The number of aromatic nitrogens is 4. The minimum atomic E-state index is -0.0140. The third-order valence-electron chi connectivity index (χ3n) is 2.22. The highest BCUT2D eigenvalue weighted by atomic mass is 127. The lowest BCUT2D eigenvalue weighted by molar-refractivity contribution is 0.657. The van der Waals surface area contributed by atoms with Gasteiger partial charge in [-0.05, 0) is 29.5 Å². The standard InChI is InChI=1S/C10H11IN4O/c1-2-15-6-8(3-13-15)5-14-7-12-4-9(11)10(14)16/h3-4,6-7H,2,5H2,1H3. The van der Waals surface area contributed by atoms with Gasteiger partial charge in [-0.25, -0.2) is 4.98 Å². The van der Waals surface area contributed by atoms with E-state index in [2.05, 4.69) is 10.1 Å². The summed E-state index contributed by atoms with van der Waals surface area (Å²) in [6.07, 6.45) is 6.82. The highest BCUT2D eigenvalue weighted by molar-refractivity contribution is 14.1. The minimum absolute atomic E-state index is 0.0140. The summed E-state index contributed by atoms with van der Waals surface area (Å²) in [6.45, 7) is 3.37. The van der Waals surface area contributed by atoms with Crippen LogP contribution in [0.25, 0.3) is 0 Å². The molecule has 0 atom stereocenters. The van der Waals surface area contributed by atoms with Gasteiger partial charge in [0.05, 0.1) is 22.6 Å². The van der Waals surface area contributed by atoms with Crippen molar-refractivity contribution in [3.8, 4) is 0 Å². The van der Waals surface area contributed by atoms with E-state index in [4.69, 9.17) is 0 Å². The minimum Gasteiger partial charge on any atom is -0.294 e. The molecule has 0 unspecified atom stereocenters. The zero-order valence-corrected chi connectivity index (χ0v) is 11.0. The first-order valence-corrected chi connectivity index (χ1v) is 6.00. The highest BCUT2D eigenvalue weighted by Crippen LogP contribution is 2.00. The van der Waals surface area contributed by atoms with Crippen LogP contribution in [0, 0.1) is 3.57 Å². The number of hydrogen-bond acceptors (Lipinski definition) is 3. The summed E-state index contributed by atoms with van der Waals surface area (Å²) in [5.74, 6) is 0. The topological polar surface area (TPSA) is 52.7 Å². The molecular formula is C10H11IN4O. The number of aryl methyl sites for hydroxylation is 1. The molecule has 2 aromatic heterocycles. The predicted molar refractivity (Wildman–Crippen MR) is 68.2 cm³/mol. The molecular weight excluding hydrogens is 319 g/mol. The Balaban J connectivity index is 2.27. The van der Waals surface area contributed by atoms with Crippen molar-refractivity contribution in [3.63, 3.8) is 0 Å². The Labute approximate surface area is 106 Å².